The summed E-state index contributed by atoms with van der Waals surface area (Å²) in [5.41, 5.74) is 5.10. The van der Waals surface area contributed by atoms with Crippen molar-refractivity contribution in [1.29, 1.82) is 0 Å². The molecule has 5 heteroatoms. The van der Waals surface area contributed by atoms with Crippen LogP contribution in [0.15, 0.2) is 0 Å². The molecule has 0 aromatic rings. The lowest BCUT2D eigenvalue weighted by Gasteiger charge is -2.21. The van der Waals surface area contributed by atoms with Crippen LogP contribution in [-0.4, -0.2) is 23.2 Å². The van der Waals surface area contributed by atoms with Crippen molar-refractivity contribution in [1.82, 2.24) is 0 Å². The Morgan fingerprint density at radius 2 is 1.16 bits per heavy atom. The molecule has 1 unspecified atom stereocenters. The van der Waals surface area contributed by atoms with E-state index in [9.17, 15) is 9.46 Å². The van der Waals surface area contributed by atoms with E-state index in [1.807, 2.05) is 0 Å². The standard InChI is InChI=1S/C20H44NO3P/c1-4-5-6-7-8-9-10-11-12-13-14-15-16-17-18-24-25(22,23)19-20(2,3)21/h4-19,21H2,1-3H3,(H,22,23). The Balaban J connectivity index is 3.28. The van der Waals surface area contributed by atoms with Crippen LogP contribution >= 0.6 is 7.60 Å². The maximum atomic E-state index is 11.8. The van der Waals surface area contributed by atoms with Crippen molar-refractivity contribution < 1.29 is 14.0 Å². The van der Waals surface area contributed by atoms with Crippen LogP contribution in [-0.2, 0) is 9.09 Å². The van der Waals surface area contributed by atoms with Gasteiger partial charge in [0.25, 0.3) is 0 Å². The molecular formula is C20H44NO3P. The third kappa shape index (κ3) is 20.3. The first kappa shape index (κ1) is 25.1. The van der Waals surface area contributed by atoms with E-state index in [-0.39, 0.29) is 6.16 Å². The highest BCUT2D eigenvalue weighted by atomic mass is 31.2. The Morgan fingerprint density at radius 3 is 1.52 bits per heavy atom. The highest BCUT2D eigenvalue weighted by Gasteiger charge is 2.27. The zero-order chi connectivity index (χ0) is 19.0. The Bertz CT molecular complexity index is 342. The molecule has 0 aliphatic carbocycles. The van der Waals surface area contributed by atoms with Gasteiger partial charge in [0.15, 0.2) is 0 Å². The molecule has 0 aliphatic rings. The lowest BCUT2D eigenvalue weighted by Crippen LogP contribution is -2.36. The normalized spacial score (nSPS) is 14.6. The number of nitrogens with two attached hydrogens (primary N) is 1. The first-order chi connectivity index (χ1) is 11.8. The van der Waals surface area contributed by atoms with Gasteiger partial charge in [-0.15, -0.1) is 0 Å². The van der Waals surface area contributed by atoms with Gasteiger partial charge in [-0.1, -0.05) is 90.4 Å². The van der Waals surface area contributed by atoms with E-state index in [4.69, 9.17) is 10.3 Å². The second-order valence-electron chi connectivity index (χ2n) is 8.21. The maximum absolute atomic E-state index is 11.8. The monoisotopic (exact) mass is 377 g/mol. The molecule has 4 nitrogen and oxygen atoms in total. The highest BCUT2D eigenvalue weighted by Crippen LogP contribution is 2.44. The molecule has 25 heavy (non-hydrogen) atoms. The van der Waals surface area contributed by atoms with Crippen LogP contribution in [0.5, 0.6) is 0 Å². The van der Waals surface area contributed by atoms with Crippen molar-refractivity contribution >= 4 is 7.60 Å². The highest BCUT2D eigenvalue weighted by molar-refractivity contribution is 7.52. The first-order valence-corrected chi connectivity index (χ1v) is 12.3. The zero-order valence-corrected chi connectivity index (χ0v) is 18.0. The Kier molecular flexibility index (Phi) is 15.3. The number of rotatable bonds is 18. The Morgan fingerprint density at radius 1 is 0.800 bits per heavy atom. The lowest BCUT2D eigenvalue weighted by atomic mass is 10.0. The second kappa shape index (κ2) is 15.2. The van der Waals surface area contributed by atoms with Crippen molar-refractivity contribution in [2.75, 3.05) is 12.8 Å². The fourth-order valence-corrected chi connectivity index (χ4v) is 4.60. The third-order valence-electron chi connectivity index (χ3n) is 4.40. The molecular weight excluding hydrogens is 333 g/mol. The molecule has 0 spiro atoms. The van der Waals surface area contributed by atoms with E-state index in [0.29, 0.717) is 6.61 Å². The fraction of sp³-hybridized carbons (Fsp3) is 1.00. The predicted octanol–water partition coefficient (Wildman–Crippen LogP) is 6.41. The summed E-state index contributed by atoms with van der Waals surface area (Å²) in [5.74, 6) is 0. The molecule has 0 saturated heterocycles. The molecule has 0 saturated carbocycles. The summed E-state index contributed by atoms with van der Waals surface area (Å²) in [6, 6.07) is 0. The van der Waals surface area contributed by atoms with Gasteiger partial charge in [-0.3, -0.25) is 4.57 Å². The van der Waals surface area contributed by atoms with Gasteiger partial charge in [-0.05, 0) is 20.3 Å². The van der Waals surface area contributed by atoms with Crippen LogP contribution < -0.4 is 5.73 Å². The summed E-state index contributed by atoms with van der Waals surface area (Å²) in [4.78, 5) is 9.71. The lowest BCUT2D eigenvalue weighted by molar-refractivity contribution is 0.247. The van der Waals surface area contributed by atoms with Gasteiger partial charge in [0.1, 0.15) is 0 Å². The van der Waals surface area contributed by atoms with Gasteiger partial charge in [-0.2, -0.15) is 0 Å². The zero-order valence-electron chi connectivity index (χ0n) is 17.1. The summed E-state index contributed by atoms with van der Waals surface area (Å²) < 4.78 is 17.0. The smallest absolute Gasteiger partial charge is 0.325 e. The largest absolute Gasteiger partial charge is 0.329 e. The molecule has 0 fully saturated rings. The third-order valence-corrected chi connectivity index (χ3v) is 6.20. The Labute approximate surface area is 156 Å². The minimum Gasteiger partial charge on any atom is -0.325 e. The van der Waals surface area contributed by atoms with Crippen LogP contribution in [0, 0.1) is 0 Å². The summed E-state index contributed by atoms with van der Waals surface area (Å²) in [6.07, 6.45) is 18.2. The van der Waals surface area contributed by atoms with Crippen molar-refractivity contribution in [2.24, 2.45) is 5.73 Å². The van der Waals surface area contributed by atoms with Gasteiger partial charge in [0.05, 0.1) is 12.8 Å². The molecule has 152 valence electrons. The van der Waals surface area contributed by atoms with Crippen LogP contribution in [0.4, 0.5) is 0 Å². The number of hydrogen-bond acceptors (Lipinski definition) is 3. The molecule has 0 aliphatic heterocycles. The van der Waals surface area contributed by atoms with Crippen molar-refractivity contribution in [3.63, 3.8) is 0 Å². The predicted molar refractivity (Wildman–Crippen MR) is 109 cm³/mol. The molecule has 0 aromatic carbocycles. The summed E-state index contributed by atoms with van der Waals surface area (Å²) in [5, 5.41) is 0. The average Bonchev–Trinajstić information content (AvgIpc) is 2.48. The molecule has 0 rings (SSSR count). The summed E-state index contributed by atoms with van der Waals surface area (Å²) in [6.45, 7) is 6.11. The van der Waals surface area contributed by atoms with Gasteiger partial charge < -0.3 is 15.2 Å². The Hall–Kier alpha value is 0.110. The molecule has 0 aromatic heterocycles. The topological polar surface area (TPSA) is 72.5 Å². The van der Waals surface area contributed by atoms with E-state index in [0.717, 1.165) is 12.8 Å². The quantitative estimate of drug-likeness (QED) is 0.214. The van der Waals surface area contributed by atoms with Crippen molar-refractivity contribution in [3.8, 4) is 0 Å². The van der Waals surface area contributed by atoms with Crippen LogP contribution in [0.3, 0.4) is 0 Å². The fourth-order valence-electron chi connectivity index (χ4n) is 3.06. The van der Waals surface area contributed by atoms with Gasteiger partial charge in [-0.25, -0.2) is 0 Å². The van der Waals surface area contributed by atoms with Gasteiger partial charge in [0.2, 0.25) is 0 Å². The summed E-state index contributed by atoms with van der Waals surface area (Å²) in [7, 11) is -3.53. The van der Waals surface area contributed by atoms with Crippen molar-refractivity contribution in [3.05, 3.63) is 0 Å². The minimum absolute atomic E-state index is 0.0125. The van der Waals surface area contributed by atoms with E-state index >= 15 is 0 Å². The molecule has 0 radical (unpaired) electrons. The number of hydrogen-bond donors (Lipinski definition) is 2. The first-order valence-electron chi connectivity index (χ1n) is 10.5. The van der Waals surface area contributed by atoms with E-state index in [2.05, 4.69) is 6.92 Å². The van der Waals surface area contributed by atoms with Crippen molar-refractivity contribution in [2.45, 2.75) is 116 Å². The molecule has 0 amide bonds. The summed E-state index contributed by atoms with van der Waals surface area (Å²) >= 11 is 0. The van der Waals surface area contributed by atoms with E-state index < -0.39 is 13.1 Å². The van der Waals surface area contributed by atoms with Crippen LogP contribution in [0.1, 0.15) is 111 Å². The molecule has 0 bridgehead atoms. The SMILES string of the molecule is CCCCCCCCCCCCCCCCOP(=O)(O)CC(C)(C)N. The van der Waals surface area contributed by atoms with Gasteiger partial charge in [0, 0.05) is 5.54 Å². The van der Waals surface area contributed by atoms with Crippen LogP contribution in [0.2, 0.25) is 0 Å². The minimum atomic E-state index is -3.53. The maximum Gasteiger partial charge on any atom is 0.329 e. The molecule has 1 atom stereocenters. The van der Waals surface area contributed by atoms with Gasteiger partial charge >= 0.3 is 7.60 Å². The van der Waals surface area contributed by atoms with E-state index in [1.165, 1.54) is 77.0 Å². The molecule has 0 heterocycles. The molecule has 3 N–H and O–H groups in total. The average molecular weight is 378 g/mol. The van der Waals surface area contributed by atoms with E-state index in [1.54, 1.807) is 13.8 Å². The van der Waals surface area contributed by atoms with Crippen LogP contribution in [0.25, 0.3) is 0 Å². The number of unbranched alkanes of at least 4 members (excludes halogenated alkanes) is 13. The second-order valence-corrected chi connectivity index (χ2v) is 10.1.